The molecule has 7 heteroatoms. The van der Waals surface area contributed by atoms with Crippen LogP contribution in [0.15, 0.2) is 29.8 Å². The molecule has 1 amide bonds. The van der Waals surface area contributed by atoms with Crippen molar-refractivity contribution in [3.05, 3.63) is 57.4 Å². The minimum Gasteiger partial charge on any atom is -0.383 e. The highest BCUT2D eigenvalue weighted by molar-refractivity contribution is 6.31. The zero-order valence-electron chi connectivity index (χ0n) is 15.0. The van der Waals surface area contributed by atoms with Crippen molar-refractivity contribution in [1.82, 2.24) is 15.1 Å². The lowest BCUT2D eigenvalue weighted by Crippen LogP contribution is -2.27. The Morgan fingerprint density at radius 3 is 2.69 bits per heavy atom. The summed E-state index contributed by atoms with van der Waals surface area (Å²) in [7, 11) is 1.54. The van der Waals surface area contributed by atoms with Gasteiger partial charge in [0.1, 0.15) is 16.8 Å². The van der Waals surface area contributed by atoms with Crippen molar-refractivity contribution < 1.29 is 9.53 Å². The van der Waals surface area contributed by atoms with Crippen LogP contribution in [0.1, 0.15) is 22.4 Å². The average molecular weight is 373 g/mol. The van der Waals surface area contributed by atoms with Gasteiger partial charge in [-0.1, -0.05) is 41.4 Å². The summed E-state index contributed by atoms with van der Waals surface area (Å²) in [5.74, 6) is -0.466. The molecule has 0 fully saturated rings. The van der Waals surface area contributed by atoms with Crippen molar-refractivity contribution >= 4 is 23.6 Å². The summed E-state index contributed by atoms with van der Waals surface area (Å²) in [5, 5.41) is 16.7. The smallest absolute Gasteiger partial charge is 0.262 e. The number of aromatic nitrogens is 2. The first-order chi connectivity index (χ1) is 12.5. The van der Waals surface area contributed by atoms with Gasteiger partial charge in [0.15, 0.2) is 0 Å². The van der Waals surface area contributed by atoms with Crippen LogP contribution < -0.4 is 5.32 Å². The molecular weight excluding hydrogens is 352 g/mol. The fourth-order valence-electron chi connectivity index (χ4n) is 2.36. The van der Waals surface area contributed by atoms with Crippen molar-refractivity contribution in [3.8, 4) is 6.07 Å². The number of carbonyl (C=O) groups is 1. The second-order valence-electron chi connectivity index (χ2n) is 5.85. The summed E-state index contributed by atoms with van der Waals surface area (Å²) in [4.78, 5) is 12.1. The van der Waals surface area contributed by atoms with E-state index in [1.807, 2.05) is 37.3 Å². The number of carbonyl (C=O) groups excluding carboxylic acids is 1. The molecule has 0 radical (unpaired) electrons. The van der Waals surface area contributed by atoms with E-state index in [1.54, 1.807) is 18.7 Å². The topological polar surface area (TPSA) is 79.9 Å². The number of halogens is 1. The molecule has 0 saturated heterocycles. The van der Waals surface area contributed by atoms with E-state index in [4.69, 9.17) is 16.3 Å². The number of amides is 1. The van der Waals surface area contributed by atoms with E-state index < -0.39 is 5.91 Å². The summed E-state index contributed by atoms with van der Waals surface area (Å²) in [6.45, 7) is 5.03. The third-order valence-corrected chi connectivity index (χ3v) is 4.21. The Labute approximate surface area is 158 Å². The standard InChI is InChI=1S/C19H21ClN4O2/c1-13-4-6-15(7-5-13)12-24-18(20)17(14(2)23-24)10-16(11-21)19(25)22-8-9-26-3/h4-7,10H,8-9,12H2,1-3H3,(H,22,25)/b16-10+. The van der Waals surface area contributed by atoms with Gasteiger partial charge in [-0.05, 0) is 25.5 Å². The maximum atomic E-state index is 12.1. The first-order valence-electron chi connectivity index (χ1n) is 8.13. The highest BCUT2D eigenvalue weighted by Crippen LogP contribution is 2.23. The van der Waals surface area contributed by atoms with Crippen LogP contribution >= 0.6 is 11.6 Å². The van der Waals surface area contributed by atoms with Crippen molar-refractivity contribution in [2.45, 2.75) is 20.4 Å². The molecule has 0 aliphatic carbocycles. The number of benzene rings is 1. The van der Waals surface area contributed by atoms with Crippen LogP contribution in [0.2, 0.25) is 5.15 Å². The summed E-state index contributed by atoms with van der Waals surface area (Å²) in [6, 6.07) is 9.99. The van der Waals surface area contributed by atoms with Crippen LogP contribution in [0, 0.1) is 25.2 Å². The van der Waals surface area contributed by atoms with Crippen LogP contribution in [-0.4, -0.2) is 35.9 Å². The minimum atomic E-state index is -0.466. The Kier molecular flexibility index (Phi) is 6.96. The lowest BCUT2D eigenvalue weighted by Gasteiger charge is -2.05. The molecule has 6 nitrogen and oxygen atoms in total. The number of nitrogens with zero attached hydrogens (tertiary/aromatic N) is 3. The zero-order valence-corrected chi connectivity index (χ0v) is 15.8. The van der Waals surface area contributed by atoms with Gasteiger partial charge in [-0.3, -0.25) is 4.79 Å². The SMILES string of the molecule is COCCNC(=O)/C(C#N)=C/c1c(C)nn(Cc2ccc(C)cc2)c1Cl. The quantitative estimate of drug-likeness (QED) is 0.460. The Morgan fingerprint density at radius 2 is 2.08 bits per heavy atom. The van der Waals surface area contributed by atoms with E-state index in [0.29, 0.717) is 36.1 Å². The van der Waals surface area contributed by atoms with Crippen molar-refractivity contribution in [1.29, 1.82) is 5.26 Å². The third kappa shape index (κ3) is 4.94. The summed E-state index contributed by atoms with van der Waals surface area (Å²) in [5.41, 5.74) is 3.43. The number of methoxy groups -OCH3 is 1. The molecule has 0 unspecified atom stereocenters. The molecule has 1 aromatic carbocycles. The molecule has 1 aromatic heterocycles. The number of nitrogens with one attached hydrogen (secondary N) is 1. The molecule has 0 spiro atoms. The molecular formula is C19H21ClN4O2. The lowest BCUT2D eigenvalue weighted by molar-refractivity contribution is -0.117. The predicted octanol–water partition coefficient (Wildman–Crippen LogP) is 2.87. The second-order valence-corrected chi connectivity index (χ2v) is 6.21. The maximum absolute atomic E-state index is 12.1. The number of aryl methyl sites for hydroxylation is 2. The normalized spacial score (nSPS) is 11.3. The van der Waals surface area contributed by atoms with Crippen LogP contribution in [-0.2, 0) is 16.1 Å². The number of hydrogen-bond donors (Lipinski definition) is 1. The summed E-state index contributed by atoms with van der Waals surface area (Å²) < 4.78 is 6.54. The molecule has 136 valence electrons. The molecule has 1 heterocycles. The number of ether oxygens (including phenoxy) is 1. The zero-order chi connectivity index (χ0) is 19.1. The first-order valence-corrected chi connectivity index (χ1v) is 8.51. The third-order valence-electron chi connectivity index (χ3n) is 3.81. The molecule has 0 atom stereocenters. The fourth-order valence-corrected chi connectivity index (χ4v) is 2.65. The highest BCUT2D eigenvalue weighted by Gasteiger charge is 2.15. The molecule has 26 heavy (non-hydrogen) atoms. The van der Waals surface area contributed by atoms with Crippen molar-refractivity contribution in [2.75, 3.05) is 20.3 Å². The Bertz CT molecular complexity index is 848. The van der Waals surface area contributed by atoms with E-state index in [9.17, 15) is 10.1 Å². The van der Waals surface area contributed by atoms with E-state index in [0.717, 1.165) is 5.56 Å². The van der Waals surface area contributed by atoms with Gasteiger partial charge in [-0.25, -0.2) is 4.68 Å². The van der Waals surface area contributed by atoms with Crippen LogP contribution in [0.4, 0.5) is 0 Å². The van der Waals surface area contributed by atoms with E-state index in [-0.39, 0.29) is 5.57 Å². The van der Waals surface area contributed by atoms with E-state index >= 15 is 0 Å². The molecule has 1 N–H and O–H groups in total. The Hall–Kier alpha value is -2.62. The fraction of sp³-hybridized carbons (Fsp3) is 0.316. The lowest BCUT2D eigenvalue weighted by atomic mass is 10.1. The molecule has 2 rings (SSSR count). The Balaban J connectivity index is 2.23. The number of rotatable bonds is 7. The molecule has 0 aliphatic heterocycles. The van der Waals surface area contributed by atoms with Gasteiger partial charge in [0.25, 0.3) is 5.91 Å². The van der Waals surface area contributed by atoms with E-state index in [2.05, 4.69) is 10.4 Å². The van der Waals surface area contributed by atoms with Gasteiger partial charge in [-0.2, -0.15) is 10.4 Å². The molecule has 0 saturated carbocycles. The Morgan fingerprint density at radius 1 is 1.38 bits per heavy atom. The van der Waals surface area contributed by atoms with Gasteiger partial charge in [0.2, 0.25) is 0 Å². The summed E-state index contributed by atoms with van der Waals surface area (Å²) >= 11 is 6.44. The maximum Gasteiger partial charge on any atom is 0.262 e. The van der Waals surface area contributed by atoms with Crippen molar-refractivity contribution in [2.24, 2.45) is 0 Å². The van der Waals surface area contributed by atoms with E-state index in [1.165, 1.54) is 11.6 Å². The molecule has 0 bridgehead atoms. The van der Waals surface area contributed by atoms with Gasteiger partial charge in [0.05, 0.1) is 18.8 Å². The second kappa shape index (κ2) is 9.18. The average Bonchev–Trinajstić information content (AvgIpc) is 2.88. The molecule has 0 aliphatic rings. The van der Waals surface area contributed by atoms with Crippen LogP contribution in [0.25, 0.3) is 6.08 Å². The van der Waals surface area contributed by atoms with Gasteiger partial charge >= 0.3 is 0 Å². The number of hydrogen-bond acceptors (Lipinski definition) is 4. The first kappa shape index (κ1) is 19.7. The van der Waals surface area contributed by atoms with Crippen LogP contribution in [0.5, 0.6) is 0 Å². The minimum absolute atomic E-state index is 0.0269. The number of nitriles is 1. The monoisotopic (exact) mass is 372 g/mol. The largest absolute Gasteiger partial charge is 0.383 e. The van der Waals surface area contributed by atoms with Gasteiger partial charge in [0, 0.05) is 19.2 Å². The van der Waals surface area contributed by atoms with Gasteiger partial charge in [-0.15, -0.1) is 0 Å². The predicted molar refractivity (Wildman–Crippen MR) is 101 cm³/mol. The van der Waals surface area contributed by atoms with Gasteiger partial charge < -0.3 is 10.1 Å². The summed E-state index contributed by atoms with van der Waals surface area (Å²) in [6.07, 6.45) is 1.47. The van der Waals surface area contributed by atoms with Crippen LogP contribution in [0.3, 0.4) is 0 Å². The van der Waals surface area contributed by atoms with Crippen molar-refractivity contribution in [3.63, 3.8) is 0 Å². The highest BCUT2D eigenvalue weighted by atomic mass is 35.5. The molecule has 2 aromatic rings.